The molecule has 0 fully saturated rings. The molecule has 0 radical (unpaired) electrons. The molecule has 0 aliphatic carbocycles. The van der Waals surface area contributed by atoms with Crippen molar-refractivity contribution in [2.45, 2.75) is 40.7 Å². The molecule has 0 spiro atoms. The van der Waals surface area contributed by atoms with Gasteiger partial charge in [0.1, 0.15) is 0 Å². The van der Waals surface area contributed by atoms with Crippen LogP contribution in [0.2, 0.25) is 0 Å². The summed E-state index contributed by atoms with van der Waals surface area (Å²) in [6.45, 7) is 11.8. The normalized spacial score (nSPS) is 13.0. The molecule has 16 heavy (non-hydrogen) atoms. The third kappa shape index (κ3) is 5.82. The minimum atomic E-state index is -3.12. The molecule has 1 N–H and O–H groups in total. The second kappa shape index (κ2) is 7.25. The van der Waals surface area contributed by atoms with E-state index in [0.29, 0.717) is 19.0 Å². The van der Waals surface area contributed by atoms with Gasteiger partial charge in [-0.15, -0.1) is 0 Å². The van der Waals surface area contributed by atoms with Crippen molar-refractivity contribution < 1.29 is 8.42 Å². The highest BCUT2D eigenvalue weighted by Crippen LogP contribution is 2.10. The standard InChI is InChI=1S/C11H26N2O2S/c1-6-12-7-8-16(14,15)13(11(4)5)9-10(2)3/h10-12H,6-9H2,1-5H3. The van der Waals surface area contributed by atoms with Crippen LogP contribution in [0, 0.1) is 5.92 Å². The average molecular weight is 250 g/mol. The molecule has 0 atom stereocenters. The quantitative estimate of drug-likeness (QED) is 0.661. The first-order chi connectivity index (χ1) is 7.31. The largest absolute Gasteiger partial charge is 0.316 e. The van der Waals surface area contributed by atoms with Gasteiger partial charge in [-0.05, 0) is 26.3 Å². The minimum Gasteiger partial charge on any atom is -0.316 e. The van der Waals surface area contributed by atoms with Crippen LogP contribution in [-0.2, 0) is 10.0 Å². The molecule has 0 aromatic rings. The van der Waals surface area contributed by atoms with Gasteiger partial charge in [0.2, 0.25) is 10.0 Å². The Morgan fingerprint density at radius 1 is 1.19 bits per heavy atom. The van der Waals surface area contributed by atoms with Gasteiger partial charge in [-0.1, -0.05) is 20.8 Å². The second-order valence-electron chi connectivity index (χ2n) is 4.73. The van der Waals surface area contributed by atoms with E-state index in [1.54, 1.807) is 4.31 Å². The van der Waals surface area contributed by atoms with E-state index in [4.69, 9.17) is 0 Å². The molecule has 0 rings (SSSR count). The van der Waals surface area contributed by atoms with Gasteiger partial charge in [-0.25, -0.2) is 8.42 Å². The molecule has 4 nitrogen and oxygen atoms in total. The van der Waals surface area contributed by atoms with Crippen molar-refractivity contribution in [1.29, 1.82) is 0 Å². The lowest BCUT2D eigenvalue weighted by Crippen LogP contribution is -2.42. The summed E-state index contributed by atoms with van der Waals surface area (Å²) in [5.41, 5.74) is 0. The fraction of sp³-hybridized carbons (Fsp3) is 1.00. The van der Waals surface area contributed by atoms with Crippen LogP contribution in [-0.4, -0.2) is 44.2 Å². The molecule has 0 saturated heterocycles. The van der Waals surface area contributed by atoms with Crippen LogP contribution >= 0.6 is 0 Å². The van der Waals surface area contributed by atoms with Gasteiger partial charge in [0.25, 0.3) is 0 Å². The summed E-state index contributed by atoms with van der Waals surface area (Å²) in [5.74, 6) is 0.544. The predicted molar refractivity (Wildman–Crippen MR) is 69.0 cm³/mol. The maximum absolute atomic E-state index is 12.1. The number of hydrogen-bond donors (Lipinski definition) is 1. The summed E-state index contributed by atoms with van der Waals surface area (Å²) >= 11 is 0. The fourth-order valence-corrected chi connectivity index (χ4v) is 3.31. The molecule has 0 saturated carbocycles. The van der Waals surface area contributed by atoms with Crippen molar-refractivity contribution in [1.82, 2.24) is 9.62 Å². The Labute approximate surface area is 100 Å². The first kappa shape index (κ1) is 15.9. The second-order valence-corrected chi connectivity index (χ2v) is 6.77. The number of nitrogens with one attached hydrogen (secondary N) is 1. The van der Waals surface area contributed by atoms with Crippen LogP contribution < -0.4 is 5.32 Å². The Hall–Kier alpha value is -0.130. The summed E-state index contributed by atoms with van der Waals surface area (Å²) < 4.78 is 25.7. The number of sulfonamides is 1. The topological polar surface area (TPSA) is 49.4 Å². The third-order valence-electron chi connectivity index (χ3n) is 2.27. The monoisotopic (exact) mass is 250 g/mol. The van der Waals surface area contributed by atoms with E-state index in [-0.39, 0.29) is 11.8 Å². The molecular weight excluding hydrogens is 224 g/mol. The van der Waals surface area contributed by atoms with Crippen molar-refractivity contribution in [3.63, 3.8) is 0 Å². The molecule has 98 valence electrons. The van der Waals surface area contributed by atoms with Crippen LogP contribution in [0.3, 0.4) is 0 Å². The molecule has 0 aliphatic heterocycles. The van der Waals surface area contributed by atoms with Gasteiger partial charge >= 0.3 is 0 Å². The first-order valence-electron chi connectivity index (χ1n) is 6.01. The van der Waals surface area contributed by atoms with Crippen LogP contribution in [0.15, 0.2) is 0 Å². The Morgan fingerprint density at radius 2 is 1.75 bits per heavy atom. The zero-order valence-electron chi connectivity index (χ0n) is 11.2. The maximum Gasteiger partial charge on any atom is 0.215 e. The van der Waals surface area contributed by atoms with E-state index in [2.05, 4.69) is 5.32 Å². The molecule has 0 aromatic carbocycles. The molecule has 0 aliphatic rings. The van der Waals surface area contributed by atoms with Gasteiger partial charge in [-0.3, -0.25) is 0 Å². The SMILES string of the molecule is CCNCCS(=O)(=O)N(CC(C)C)C(C)C. The van der Waals surface area contributed by atoms with Crippen LogP contribution in [0.4, 0.5) is 0 Å². The smallest absolute Gasteiger partial charge is 0.215 e. The van der Waals surface area contributed by atoms with Crippen molar-refractivity contribution in [3.8, 4) is 0 Å². The van der Waals surface area contributed by atoms with Gasteiger partial charge in [0.15, 0.2) is 0 Å². The molecule has 0 heterocycles. The van der Waals surface area contributed by atoms with Crippen LogP contribution in [0.25, 0.3) is 0 Å². The molecule has 0 unspecified atom stereocenters. The van der Waals surface area contributed by atoms with E-state index in [1.165, 1.54) is 0 Å². The zero-order chi connectivity index (χ0) is 12.8. The van der Waals surface area contributed by atoms with Crippen molar-refractivity contribution in [2.24, 2.45) is 5.92 Å². The van der Waals surface area contributed by atoms with Gasteiger partial charge in [0, 0.05) is 19.1 Å². The predicted octanol–water partition coefficient (Wildman–Crippen LogP) is 1.29. The van der Waals surface area contributed by atoms with E-state index >= 15 is 0 Å². The Balaban J connectivity index is 4.51. The van der Waals surface area contributed by atoms with Crippen molar-refractivity contribution in [2.75, 3.05) is 25.4 Å². The molecule has 0 amide bonds. The lowest BCUT2D eigenvalue weighted by Gasteiger charge is -2.27. The molecule has 5 heteroatoms. The summed E-state index contributed by atoms with van der Waals surface area (Å²) in [4.78, 5) is 0. The Bertz CT molecular complexity index is 274. The lowest BCUT2D eigenvalue weighted by molar-refractivity contribution is 0.318. The summed E-state index contributed by atoms with van der Waals surface area (Å²) in [6, 6.07) is 0.0361. The number of nitrogens with zero attached hydrogens (tertiary/aromatic N) is 1. The number of hydrogen-bond acceptors (Lipinski definition) is 3. The van der Waals surface area contributed by atoms with Crippen molar-refractivity contribution in [3.05, 3.63) is 0 Å². The highest BCUT2D eigenvalue weighted by atomic mass is 32.2. The third-order valence-corrected chi connectivity index (χ3v) is 4.27. The number of rotatable bonds is 8. The van der Waals surface area contributed by atoms with E-state index in [9.17, 15) is 8.42 Å². The van der Waals surface area contributed by atoms with Crippen LogP contribution in [0.5, 0.6) is 0 Å². The minimum absolute atomic E-state index is 0.0361. The van der Waals surface area contributed by atoms with Gasteiger partial charge < -0.3 is 5.32 Å². The van der Waals surface area contributed by atoms with E-state index < -0.39 is 10.0 Å². The first-order valence-corrected chi connectivity index (χ1v) is 7.62. The average Bonchev–Trinajstić information content (AvgIpc) is 2.13. The molecular formula is C11H26N2O2S. The molecule has 0 bridgehead atoms. The summed E-state index contributed by atoms with van der Waals surface area (Å²) in [6.07, 6.45) is 0. The Kier molecular flexibility index (Phi) is 7.19. The summed E-state index contributed by atoms with van der Waals surface area (Å²) in [7, 11) is -3.12. The zero-order valence-corrected chi connectivity index (χ0v) is 12.0. The van der Waals surface area contributed by atoms with Crippen molar-refractivity contribution >= 4 is 10.0 Å². The Morgan fingerprint density at radius 3 is 2.12 bits per heavy atom. The molecule has 0 aromatic heterocycles. The summed E-state index contributed by atoms with van der Waals surface area (Å²) in [5, 5.41) is 3.05. The fourth-order valence-electron chi connectivity index (χ4n) is 1.50. The lowest BCUT2D eigenvalue weighted by atomic mass is 10.2. The highest BCUT2D eigenvalue weighted by molar-refractivity contribution is 7.89. The van der Waals surface area contributed by atoms with Crippen LogP contribution in [0.1, 0.15) is 34.6 Å². The maximum atomic E-state index is 12.1. The van der Waals surface area contributed by atoms with Gasteiger partial charge in [-0.2, -0.15) is 4.31 Å². The highest BCUT2D eigenvalue weighted by Gasteiger charge is 2.24. The van der Waals surface area contributed by atoms with Gasteiger partial charge in [0.05, 0.1) is 5.75 Å². The van der Waals surface area contributed by atoms with E-state index in [1.807, 2.05) is 34.6 Å². The van der Waals surface area contributed by atoms with E-state index in [0.717, 1.165) is 6.54 Å².